The van der Waals surface area contributed by atoms with Gasteiger partial charge in [0.25, 0.3) is 0 Å². The Morgan fingerprint density at radius 1 is 0.857 bits per heavy atom. The molecule has 6 nitrogen and oxygen atoms in total. The molecule has 2 aromatic rings. The van der Waals surface area contributed by atoms with Gasteiger partial charge in [0.1, 0.15) is 22.8 Å². The molecule has 0 unspecified atom stereocenters. The lowest BCUT2D eigenvalue weighted by Crippen LogP contribution is -2.24. The second-order valence-corrected chi connectivity index (χ2v) is 7.25. The van der Waals surface area contributed by atoms with Crippen LogP contribution in [0.1, 0.15) is 44.7 Å². The largest absolute Gasteiger partial charge is 0.508 e. The van der Waals surface area contributed by atoms with Crippen LogP contribution in [0.25, 0.3) is 12.2 Å². The van der Waals surface area contributed by atoms with E-state index in [-0.39, 0.29) is 24.3 Å². The average molecular weight is 384 g/mol. The number of aromatic hydroxyl groups is 2. The van der Waals surface area contributed by atoms with E-state index in [0.29, 0.717) is 11.3 Å². The summed E-state index contributed by atoms with van der Waals surface area (Å²) in [6.45, 7) is 5.30. The smallest absolute Gasteiger partial charge is 0.311 e. The first-order chi connectivity index (χ1) is 13.1. The Morgan fingerprint density at radius 3 is 1.96 bits per heavy atom. The molecule has 2 N–H and O–H groups in total. The summed E-state index contributed by atoms with van der Waals surface area (Å²) in [4.78, 5) is 23.5. The van der Waals surface area contributed by atoms with Crippen LogP contribution >= 0.6 is 0 Å². The average Bonchev–Trinajstić information content (AvgIpc) is 2.57. The Bertz CT molecular complexity index is 839. The third-order valence-corrected chi connectivity index (χ3v) is 3.46. The third-order valence-electron chi connectivity index (χ3n) is 3.46. The van der Waals surface area contributed by atoms with E-state index in [2.05, 4.69) is 0 Å². The number of phenolic OH excluding ortho intramolecular Hbond substituents is 2. The summed E-state index contributed by atoms with van der Waals surface area (Å²) < 4.78 is 10.4. The van der Waals surface area contributed by atoms with Crippen molar-refractivity contribution in [1.29, 1.82) is 0 Å². The van der Waals surface area contributed by atoms with Crippen molar-refractivity contribution < 1.29 is 29.3 Å². The highest BCUT2D eigenvalue weighted by atomic mass is 16.6. The van der Waals surface area contributed by atoms with E-state index in [1.807, 2.05) is 0 Å². The number of ether oxygens (including phenoxy) is 2. The van der Waals surface area contributed by atoms with Gasteiger partial charge >= 0.3 is 11.9 Å². The minimum atomic E-state index is -0.582. The molecule has 0 atom stereocenters. The van der Waals surface area contributed by atoms with Crippen LogP contribution in [0, 0.1) is 0 Å². The van der Waals surface area contributed by atoms with Crippen LogP contribution in [0.5, 0.6) is 17.2 Å². The summed E-state index contributed by atoms with van der Waals surface area (Å²) in [7, 11) is 0. The second-order valence-electron chi connectivity index (χ2n) is 7.25. The van der Waals surface area contributed by atoms with E-state index in [1.54, 1.807) is 57.2 Å². The zero-order valence-corrected chi connectivity index (χ0v) is 16.1. The van der Waals surface area contributed by atoms with Gasteiger partial charge in [-0.25, -0.2) is 0 Å². The molecule has 0 aliphatic rings. The minimum Gasteiger partial charge on any atom is -0.508 e. The van der Waals surface area contributed by atoms with Crippen LogP contribution in [0.4, 0.5) is 0 Å². The van der Waals surface area contributed by atoms with Crippen LogP contribution in [-0.2, 0) is 14.3 Å². The van der Waals surface area contributed by atoms with Gasteiger partial charge in [0.05, 0.1) is 12.8 Å². The Labute approximate surface area is 164 Å². The number of hydrogen-bond acceptors (Lipinski definition) is 6. The van der Waals surface area contributed by atoms with Crippen molar-refractivity contribution in [2.75, 3.05) is 0 Å². The molecule has 0 saturated carbocycles. The molecule has 0 bridgehead atoms. The van der Waals surface area contributed by atoms with Crippen LogP contribution in [0.3, 0.4) is 0 Å². The normalized spacial score (nSPS) is 11.4. The fourth-order valence-electron chi connectivity index (χ4n) is 2.33. The van der Waals surface area contributed by atoms with Gasteiger partial charge in [-0.3, -0.25) is 9.59 Å². The van der Waals surface area contributed by atoms with Gasteiger partial charge in [0.2, 0.25) is 0 Å². The quantitative estimate of drug-likeness (QED) is 0.438. The van der Waals surface area contributed by atoms with Gasteiger partial charge in [-0.15, -0.1) is 0 Å². The molecule has 0 aliphatic carbocycles. The van der Waals surface area contributed by atoms with Crippen molar-refractivity contribution in [3.63, 3.8) is 0 Å². The summed E-state index contributed by atoms with van der Waals surface area (Å²) in [5.41, 5.74) is 0.910. The van der Waals surface area contributed by atoms with Crippen molar-refractivity contribution in [2.45, 2.75) is 39.2 Å². The fourth-order valence-corrected chi connectivity index (χ4v) is 2.33. The summed E-state index contributed by atoms with van der Waals surface area (Å²) in [6, 6.07) is 11.1. The molecule has 0 radical (unpaired) electrons. The standard InChI is InChI=1S/C22H24O6/c1-22(2,3)28-21(26)11-10-20(25)27-19-8-6-15(7-9-19)4-5-16-12-17(23)14-18(24)13-16/h4-9,12-14,23-24H,10-11H2,1-3H3/b5-4+. The van der Waals surface area contributed by atoms with Crippen molar-refractivity contribution in [2.24, 2.45) is 0 Å². The number of esters is 2. The molecular formula is C22H24O6. The monoisotopic (exact) mass is 384 g/mol. The van der Waals surface area contributed by atoms with E-state index >= 15 is 0 Å². The lowest BCUT2D eigenvalue weighted by molar-refractivity contribution is -0.156. The molecule has 148 valence electrons. The van der Waals surface area contributed by atoms with Crippen molar-refractivity contribution in [3.8, 4) is 17.2 Å². The maximum atomic E-state index is 11.9. The van der Waals surface area contributed by atoms with Gasteiger partial charge in [-0.05, 0) is 56.2 Å². The summed E-state index contributed by atoms with van der Waals surface area (Å²) in [6.07, 6.45) is 3.44. The van der Waals surface area contributed by atoms with Crippen molar-refractivity contribution >= 4 is 24.1 Å². The Kier molecular flexibility index (Phi) is 6.82. The Hall–Kier alpha value is -3.28. The second kappa shape index (κ2) is 9.08. The summed E-state index contributed by atoms with van der Waals surface area (Å²) in [5.74, 6) is -0.616. The molecule has 0 fully saturated rings. The van der Waals surface area contributed by atoms with Crippen molar-refractivity contribution in [1.82, 2.24) is 0 Å². The van der Waals surface area contributed by atoms with Crippen LogP contribution < -0.4 is 4.74 Å². The summed E-state index contributed by atoms with van der Waals surface area (Å²) >= 11 is 0. The Balaban J connectivity index is 1.87. The maximum absolute atomic E-state index is 11.9. The molecular weight excluding hydrogens is 360 g/mol. The number of carbonyl (C=O) groups is 2. The minimum absolute atomic E-state index is 0.0201. The SMILES string of the molecule is CC(C)(C)OC(=O)CCC(=O)Oc1ccc(/C=C/c2cc(O)cc(O)c2)cc1. The molecule has 0 aliphatic heterocycles. The molecule has 2 aromatic carbocycles. The predicted octanol–water partition coefficient (Wildman–Crippen LogP) is 4.30. The van der Waals surface area contributed by atoms with Crippen molar-refractivity contribution in [3.05, 3.63) is 53.6 Å². The molecule has 0 aromatic heterocycles. The van der Waals surface area contributed by atoms with E-state index in [4.69, 9.17) is 9.47 Å². The van der Waals surface area contributed by atoms with Gasteiger partial charge in [-0.1, -0.05) is 24.3 Å². The van der Waals surface area contributed by atoms with Gasteiger partial charge < -0.3 is 19.7 Å². The number of hydrogen-bond donors (Lipinski definition) is 2. The molecule has 28 heavy (non-hydrogen) atoms. The van der Waals surface area contributed by atoms with Gasteiger partial charge in [0, 0.05) is 6.07 Å². The fraction of sp³-hybridized carbons (Fsp3) is 0.273. The summed E-state index contributed by atoms with van der Waals surface area (Å²) in [5, 5.41) is 18.9. The zero-order valence-electron chi connectivity index (χ0n) is 16.1. The molecule has 0 spiro atoms. The van der Waals surface area contributed by atoms with E-state index < -0.39 is 17.5 Å². The highest BCUT2D eigenvalue weighted by molar-refractivity contribution is 5.79. The van der Waals surface area contributed by atoms with Gasteiger partial charge in [0.15, 0.2) is 0 Å². The third kappa shape index (κ3) is 7.53. The number of benzene rings is 2. The molecule has 0 heterocycles. The lowest BCUT2D eigenvalue weighted by atomic mass is 10.1. The van der Waals surface area contributed by atoms with E-state index in [9.17, 15) is 19.8 Å². The van der Waals surface area contributed by atoms with Crippen LogP contribution in [0.2, 0.25) is 0 Å². The number of rotatable bonds is 6. The highest BCUT2D eigenvalue weighted by Crippen LogP contribution is 2.22. The van der Waals surface area contributed by atoms with Crippen LogP contribution in [-0.4, -0.2) is 27.8 Å². The van der Waals surface area contributed by atoms with Crippen LogP contribution in [0.15, 0.2) is 42.5 Å². The van der Waals surface area contributed by atoms with E-state index in [0.717, 1.165) is 5.56 Å². The lowest BCUT2D eigenvalue weighted by Gasteiger charge is -2.19. The van der Waals surface area contributed by atoms with E-state index in [1.165, 1.54) is 18.2 Å². The number of carbonyl (C=O) groups excluding carboxylic acids is 2. The first-order valence-electron chi connectivity index (χ1n) is 8.84. The highest BCUT2D eigenvalue weighted by Gasteiger charge is 2.17. The molecule has 0 amide bonds. The maximum Gasteiger partial charge on any atom is 0.311 e. The molecule has 2 rings (SSSR count). The Morgan fingerprint density at radius 2 is 1.39 bits per heavy atom. The molecule has 6 heteroatoms. The first kappa shape index (κ1) is 21.0. The topological polar surface area (TPSA) is 93.1 Å². The zero-order chi connectivity index (χ0) is 20.7. The molecule has 0 saturated heterocycles. The number of phenols is 2. The first-order valence-corrected chi connectivity index (χ1v) is 8.84. The predicted molar refractivity (Wildman–Crippen MR) is 106 cm³/mol. The van der Waals surface area contributed by atoms with Gasteiger partial charge in [-0.2, -0.15) is 0 Å².